The number of carbonyl (C=O) groups excluding carboxylic acids is 1. The lowest BCUT2D eigenvalue weighted by Gasteiger charge is -2.29. The van der Waals surface area contributed by atoms with Gasteiger partial charge in [-0.1, -0.05) is 23.6 Å². The van der Waals surface area contributed by atoms with Crippen molar-refractivity contribution in [2.24, 2.45) is 18.7 Å². The second-order valence-corrected chi connectivity index (χ2v) is 16.2. The Morgan fingerprint density at radius 3 is 2.49 bits per heavy atom. The zero-order valence-corrected chi connectivity index (χ0v) is 30.2. The van der Waals surface area contributed by atoms with Crippen molar-refractivity contribution < 1.29 is 35.9 Å². The van der Waals surface area contributed by atoms with Crippen molar-refractivity contribution in [2.45, 2.75) is 56.1 Å². The van der Waals surface area contributed by atoms with Crippen LogP contribution in [0.4, 0.5) is 23.4 Å². The number of aryl methyl sites for hydroxylation is 1. The van der Waals surface area contributed by atoms with Crippen LogP contribution in [0.3, 0.4) is 0 Å². The highest BCUT2D eigenvalue weighted by Gasteiger charge is 2.66. The van der Waals surface area contributed by atoms with E-state index in [2.05, 4.69) is 26.8 Å². The lowest BCUT2D eigenvalue weighted by molar-refractivity contribution is -0.122. The van der Waals surface area contributed by atoms with E-state index in [1.165, 1.54) is 36.9 Å². The molecular formula is C36H32ClF4N7O4S. The van der Waals surface area contributed by atoms with Gasteiger partial charge in [0.05, 0.1) is 34.1 Å². The van der Waals surface area contributed by atoms with Crippen molar-refractivity contribution in [1.82, 2.24) is 24.5 Å². The van der Waals surface area contributed by atoms with Gasteiger partial charge in [0.2, 0.25) is 15.9 Å². The van der Waals surface area contributed by atoms with Crippen molar-refractivity contribution in [1.29, 1.82) is 0 Å². The molecule has 4 N–H and O–H groups in total. The number of rotatable bonds is 9. The molecule has 0 spiro atoms. The fourth-order valence-electron chi connectivity index (χ4n) is 7.26. The second kappa shape index (κ2) is 12.6. The quantitative estimate of drug-likeness (QED) is 0.132. The summed E-state index contributed by atoms with van der Waals surface area (Å²) in [6.45, 7) is 2.91. The first kappa shape index (κ1) is 36.4. The molecule has 2 aromatic carbocycles. The Labute approximate surface area is 306 Å². The lowest BCUT2D eigenvalue weighted by Crippen LogP contribution is -2.36. The van der Waals surface area contributed by atoms with Crippen LogP contribution in [-0.4, -0.2) is 55.8 Å². The fraction of sp³-hybridized carbons (Fsp3) is 0.333. The molecule has 3 heterocycles. The van der Waals surface area contributed by atoms with Gasteiger partial charge >= 0.3 is 0 Å². The first-order valence-corrected chi connectivity index (χ1v) is 18.6. The van der Waals surface area contributed by atoms with E-state index in [4.69, 9.17) is 22.3 Å². The Morgan fingerprint density at radius 2 is 1.85 bits per heavy atom. The van der Waals surface area contributed by atoms with E-state index in [1.54, 1.807) is 19.2 Å². The molecule has 2 aliphatic carbocycles. The topological polar surface area (TPSA) is 158 Å². The molecule has 1 saturated carbocycles. The molecule has 0 radical (unpaired) electrons. The van der Waals surface area contributed by atoms with Gasteiger partial charge in [0.1, 0.15) is 34.7 Å². The van der Waals surface area contributed by atoms with Gasteiger partial charge in [-0.15, -0.1) is 0 Å². The van der Waals surface area contributed by atoms with Gasteiger partial charge in [0, 0.05) is 41.6 Å². The second-order valence-electron chi connectivity index (χ2n) is 14.0. The highest BCUT2D eigenvalue weighted by atomic mass is 35.5. The molecule has 53 heavy (non-hydrogen) atoms. The number of anilines is 1. The van der Waals surface area contributed by atoms with Gasteiger partial charge in [-0.25, -0.2) is 26.9 Å². The molecule has 3 aromatic heterocycles. The maximum absolute atomic E-state index is 15.8. The minimum atomic E-state index is -3.81. The number of benzene rings is 2. The Kier molecular flexibility index (Phi) is 8.63. The number of hydrogen-bond donors (Lipinski definition) is 3. The van der Waals surface area contributed by atoms with Crippen molar-refractivity contribution >= 4 is 44.3 Å². The summed E-state index contributed by atoms with van der Waals surface area (Å²) in [5.41, 5.74) is 5.60. The molecule has 1 fully saturated rings. The smallest absolute Gasteiger partial charge is 0.293 e. The minimum Gasteiger partial charge on any atom is -0.378 e. The molecule has 276 valence electrons. The van der Waals surface area contributed by atoms with Gasteiger partial charge in [-0.2, -0.15) is 19.0 Å². The summed E-state index contributed by atoms with van der Waals surface area (Å²) in [4.78, 5) is 18.5. The predicted octanol–water partition coefficient (Wildman–Crippen LogP) is 5.52. The highest BCUT2D eigenvalue weighted by molar-refractivity contribution is 7.92. The van der Waals surface area contributed by atoms with Crippen molar-refractivity contribution in [3.8, 4) is 23.0 Å². The number of sulfonamides is 1. The van der Waals surface area contributed by atoms with Crippen LogP contribution in [0, 0.1) is 29.4 Å². The number of halogens is 5. The van der Waals surface area contributed by atoms with E-state index in [0.29, 0.717) is 22.7 Å². The van der Waals surface area contributed by atoms with Crippen LogP contribution in [0.1, 0.15) is 66.4 Å². The molecule has 1 unspecified atom stereocenters. The maximum Gasteiger partial charge on any atom is 0.293 e. The first-order chi connectivity index (χ1) is 24.7. The number of amides is 1. The van der Waals surface area contributed by atoms with Crippen LogP contribution in [0.2, 0.25) is 5.02 Å². The number of carbonyl (C=O) groups is 1. The summed E-state index contributed by atoms with van der Waals surface area (Å²) in [7, 11) is -2.27. The maximum atomic E-state index is 15.8. The average Bonchev–Trinajstić information content (AvgIpc) is 3.55. The molecule has 17 heteroatoms. The summed E-state index contributed by atoms with van der Waals surface area (Å²) in [5.74, 6) is -3.57. The Hall–Kier alpha value is -4.98. The Balaban J connectivity index is 1.53. The largest absolute Gasteiger partial charge is 0.378 e. The normalized spacial score (nSPS) is 18.5. The van der Waals surface area contributed by atoms with Gasteiger partial charge in [0.15, 0.2) is 5.82 Å². The van der Waals surface area contributed by atoms with E-state index in [1.807, 2.05) is 0 Å². The number of hydrogen-bond acceptors (Lipinski definition) is 7. The number of nitrogens with two attached hydrogens (primary N) is 1. The number of nitrogens with one attached hydrogen (secondary N) is 1. The summed E-state index contributed by atoms with van der Waals surface area (Å²) in [6, 6.07) is 7.31. The summed E-state index contributed by atoms with van der Waals surface area (Å²) in [5, 5.41) is 19.3. The van der Waals surface area contributed by atoms with E-state index < -0.39 is 68.6 Å². The van der Waals surface area contributed by atoms with E-state index in [9.17, 15) is 27.1 Å². The number of pyridine rings is 1. The number of aliphatic hydroxyl groups is 1. The van der Waals surface area contributed by atoms with Crippen molar-refractivity contribution in [3.05, 3.63) is 93.5 Å². The van der Waals surface area contributed by atoms with Gasteiger partial charge in [-0.3, -0.25) is 14.2 Å². The van der Waals surface area contributed by atoms with Gasteiger partial charge in [-0.05, 0) is 74.4 Å². The highest BCUT2D eigenvalue weighted by Crippen LogP contribution is 2.67. The van der Waals surface area contributed by atoms with Crippen molar-refractivity contribution in [3.63, 3.8) is 0 Å². The molecule has 0 bridgehead atoms. The molecule has 0 saturated heterocycles. The van der Waals surface area contributed by atoms with Crippen LogP contribution in [0.25, 0.3) is 22.0 Å². The Morgan fingerprint density at radius 1 is 1.17 bits per heavy atom. The summed E-state index contributed by atoms with van der Waals surface area (Å²) >= 11 is 6.61. The minimum absolute atomic E-state index is 0.0409. The third-order valence-corrected chi connectivity index (χ3v) is 10.3. The van der Waals surface area contributed by atoms with Crippen LogP contribution >= 0.6 is 11.6 Å². The first-order valence-electron chi connectivity index (χ1n) is 16.3. The number of aromatic nitrogens is 5. The molecule has 0 aliphatic heterocycles. The molecule has 4 atom stereocenters. The number of fused-ring (bicyclic) bond motifs is 4. The lowest BCUT2D eigenvalue weighted by atomic mass is 9.84. The number of nitrogens with zero attached hydrogens (tertiary/aromatic N) is 5. The molecular weight excluding hydrogens is 738 g/mol. The fourth-order valence-corrected chi connectivity index (χ4v) is 8.00. The predicted molar refractivity (Wildman–Crippen MR) is 189 cm³/mol. The molecule has 7 rings (SSSR count). The SMILES string of the molecule is Cn1nc(NS(C)(=O)=O)c2c(Cl)ccc(-c3ccc(C#CC(C)(C)O)nc3[C@@H](Cc3cc(F)cc(F)c3)C(C(N)=O)n3ncc4c3C(F)(F)[C@@H]3C[C@H]43)c21. The van der Waals surface area contributed by atoms with Crippen LogP contribution in [0.15, 0.2) is 48.7 Å². The van der Waals surface area contributed by atoms with Crippen LogP contribution in [-0.2, 0) is 34.2 Å². The monoisotopic (exact) mass is 769 g/mol. The zero-order valence-electron chi connectivity index (χ0n) is 28.6. The third kappa shape index (κ3) is 6.73. The van der Waals surface area contributed by atoms with E-state index >= 15 is 8.78 Å². The number of primary amides is 1. The molecule has 1 amide bonds. The van der Waals surface area contributed by atoms with Crippen LogP contribution in [0.5, 0.6) is 0 Å². The molecule has 11 nitrogen and oxygen atoms in total. The average molecular weight is 770 g/mol. The summed E-state index contributed by atoms with van der Waals surface area (Å²) in [6.07, 6.45) is 2.16. The molecule has 2 aliphatic rings. The van der Waals surface area contributed by atoms with E-state index in [-0.39, 0.29) is 51.6 Å². The van der Waals surface area contributed by atoms with Gasteiger partial charge < -0.3 is 10.8 Å². The standard InChI is InChI=1S/C36H32ClF4N7O4S/c1-35(2,50)10-9-20-5-6-21(22-7-8-27(37)28-30(22)47(3)45-34(28)46-53(4,51)52)29(44-20)24(13-17-11-18(38)14-19(39)12-17)31(33(42)49)48-32-25(16-43-48)23-15-26(23)36(32,40)41/h5-8,11-12,14,16,23-24,26,31,50H,13,15H2,1-4H3,(H2,42,49)(H,45,46)/t23-,24-,26-,31?/m1/s1. The van der Waals surface area contributed by atoms with Gasteiger partial charge in [0.25, 0.3) is 5.92 Å². The number of alkyl halides is 2. The summed E-state index contributed by atoms with van der Waals surface area (Å²) < 4.78 is 90.2. The van der Waals surface area contributed by atoms with E-state index in [0.717, 1.165) is 23.1 Å². The van der Waals surface area contributed by atoms with Crippen molar-refractivity contribution in [2.75, 3.05) is 11.0 Å². The zero-order chi connectivity index (χ0) is 38.4. The third-order valence-electron chi connectivity index (χ3n) is 9.39. The Bertz CT molecular complexity index is 2500. The van der Waals surface area contributed by atoms with Crippen LogP contribution < -0.4 is 10.5 Å². The molecule has 5 aromatic rings.